The summed E-state index contributed by atoms with van der Waals surface area (Å²) in [5.41, 5.74) is 2.97. The van der Waals surface area contributed by atoms with Gasteiger partial charge in [0.2, 0.25) is 5.91 Å². The van der Waals surface area contributed by atoms with E-state index in [0.717, 1.165) is 43.0 Å². The fourth-order valence-electron chi connectivity index (χ4n) is 5.96. The van der Waals surface area contributed by atoms with Crippen LogP contribution in [0.4, 0.5) is 20.2 Å². The van der Waals surface area contributed by atoms with Crippen LogP contribution in [0.2, 0.25) is 0 Å². The van der Waals surface area contributed by atoms with E-state index in [1.807, 2.05) is 43.3 Å². The summed E-state index contributed by atoms with van der Waals surface area (Å²) in [5, 5.41) is 0. The molecular weight excluding hydrogens is 510 g/mol. The van der Waals surface area contributed by atoms with Crippen LogP contribution in [0.5, 0.6) is 0 Å². The van der Waals surface area contributed by atoms with Crippen LogP contribution in [0.25, 0.3) is 17.2 Å². The van der Waals surface area contributed by atoms with Gasteiger partial charge in [0.05, 0.1) is 15.0 Å². The summed E-state index contributed by atoms with van der Waals surface area (Å²) in [6.45, 7) is -1.44. The van der Waals surface area contributed by atoms with E-state index in [1.54, 1.807) is 6.07 Å². The molecule has 0 aromatic heterocycles. The van der Waals surface area contributed by atoms with Crippen molar-refractivity contribution in [3.05, 3.63) is 89.5 Å². The van der Waals surface area contributed by atoms with Gasteiger partial charge in [-0.15, -0.1) is 0 Å². The van der Waals surface area contributed by atoms with E-state index in [-0.39, 0.29) is 29.0 Å². The fraction of sp³-hybridized carbons (Fsp3) is 0.333. The molecule has 0 saturated heterocycles. The third-order valence-corrected chi connectivity index (χ3v) is 8.07. The first kappa shape index (κ1) is 26.2. The van der Waals surface area contributed by atoms with Gasteiger partial charge >= 0.3 is 5.97 Å². The van der Waals surface area contributed by atoms with Gasteiger partial charge in [0, 0.05) is 43.0 Å². The molecule has 5 rings (SSSR count). The van der Waals surface area contributed by atoms with Crippen molar-refractivity contribution in [1.82, 2.24) is 0 Å². The number of methoxy groups -OCH3 is 1. The Kier molecular flexibility index (Phi) is 7.62. The van der Waals surface area contributed by atoms with Gasteiger partial charge in [0.1, 0.15) is 11.6 Å². The van der Waals surface area contributed by atoms with Crippen LogP contribution in [-0.2, 0) is 20.8 Å². The number of anilines is 2. The van der Waals surface area contributed by atoms with Crippen LogP contribution >= 0.6 is 0 Å². The highest BCUT2D eigenvalue weighted by Gasteiger charge is 2.44. The molecule has 0 unspecified atom stereocenters. The van der Waals surface area contributed by atoms with E-state index in [9.17, 15) is 14.0 Å². The number of hydrogen-bond donors (Lipinski definition) is 0. The molecule has 0 aliphatic heterocycles. The van der Waals surface area contributed by atoms with Crippen molar-refractivity contribution in [2.24, 2.45) is 17.8 Å². The van der Waals surface area contributed by atoms with Gasteiger partial charge in [-0.25, -0.2) is 13.6 Å². The number of rotatable bonds is 8. The maximum absolute atomic E-state index is 15.7. The molecule has 1 amide bonds. The van der Waals surface area contributed by atoms with E-state index in [4.69, 9.17) is 1.37 Å². The topological polar surface area (TPSA) is 49.9 Å². The minimum absolute atomic E-state index is 0.0195. The van der Waals surface area contributed by atoms with Gasteiger partial charge in [-0.3, -0.25) is 4.79 Å². The van der Waals surface area contributed by atoms with Crippen molar-refractivity contribution in [3.8, 4) is 11.1 Å². The summed E-state index contributed by atoms with van der Waals surface area (Å²) in [6.07, 6.45) is 6.27. The van der Waals surface area contributed by atoms with Gasteiger partial charge in [0.15, 0.2) is 0 Å². The molecule has 3 aromatic rings. The lowest BCUT2D eigenvalue weighted by Gasteiger charge is -2.30. The molecule has 2 fully saturated rings. The van der Waals surface area contributed by atoms with Crippen molar-refractivity contribution in [1.29, 1.82) is 0 Å². The number of hydrogen-bond acceptors (Lipinski definition) is 4. The van der Waals surface area contributed by atoms with Crippen molar-refractivity contribution in [2.45, 2.75) is 32.2 Å². The van der Waals surface area contributed by atoms with E-state index in [2.05, 4.69) is 4.74 Å². The second-order valence-electron chi connectivity index (χ2n) is 10.9. The number of fused-ring (bicyclic) bond motifs is 2. The second kappa shape index (κ2) is 11.6. The first-order chi connectivity index (χ1) is 19.6. The van der Waals surface area contributed by atoms with Crippen LogP contribution < -0.4 is 9.80 Å². The van der Waals surface area contributed by atoms with E-state index in [1.165, 1.54) is 48.4 Å². The van der Waals surface area contributed by atoms with Gasteiger partial charge in [0.25, 0.3) is 0 Å². The van der Waals surface area contributed by atoms with E-state index < -0.39 is 24.1 Å². The van der Waals surface area contributed by atoms with Crippen LogP contribution in [0, 0.1) is 29.4 Å². The number of nitrogens with zero attached hydrogens (tertiary/aromatic N) is 2. The molecule has 2 bridgehead atoms. The molecule has 2 saturated carbocycles. The zero-order chi connectivity index (χ0) is 29.3. The van der Waals surface area contributed by atoms with Crippen LogP contribution in [0.1, 0.15) is 38.2 Å². The molecular formula is C33H34F2N2O3. The molecule has 7 heteroatoms. The Hall–Kier alpha value is -4.00. The molecule has 2 aliphatic rings. The highest BCUT2D eigenvalue weighted by atomic mass is 19.1. The summed E-state index contributed by atoms with van der Waals surface area (Å²) in [4.78, 5) is 28.8. The van der Waals surface area contributed by atoms with Crippen molar-refractivity contribution in [3.63, 3.8) is 0 Å². The summed E-state index contributed by atoms with van der Waals surface area (Å²) in [6, 6.07) is 16.3. The summed E-state index contributed by atoms with van der Waals surface area (Å²) in [7, 11) is 5.12. The Morgan fingerprint density at radius 1 is 0.975 bits per heavy atom. The SMILES string of the molecule is [2H][C@@H](c1ccc(-c2ccc(N(C)C)cc2)cc1F)N(C(=O)[C@@H]1C[C@@H]2CC[C@H]1C2)c1cc(F)cc(/C=C/C(=O)OC)c1. The Balaban J connectivity index is 1.51. The first-order valence-corrected chi connectivity index (χ1v) is 13.5. The third kappa shape index (κ3) is 5.93. The highest BCUT2D eigenvalue weighted by molar-refractivity contribution is 5.96. The van der Waals surface area contributed by atoms with Crippen molar-refractivity contribution in [2.75, 3.05) is 31.0 Å². The maximum Gasteiger partial charge on any atom is 0.330 e. The lowest BCUT2D eigenvalue weighted by molar-refractivity contribution is -0.134. The van der Waals surface area contributed by atoms with Crippen LogP contribution in [0.15, 0.2) is 66.7 Å². The Morgan fingerprint density at radius 3 is 2.35 bits per heavy atom. The number of halogens is 2. The maximum atomic E-state index is 15.7. The number of carbonyl (C=O) groups is 2. The summed E-state index contributed by atoms with van der Waals surface area (Å²) >= 11 is 0. The molecule has 2 aliphatic carbocycles. The summed E-state index contributed by atoms with van der Waals surface area (Å²) in [5.74, 6) is -1.77. The smallest absolute Gasteiger partial charge is 0.330 e. The molecule has 3 aromatic carbocycles. The van der Waals surface area contributed by atoms with Gasteiger partial charge in [-0.05, 0) is 90.3 Å². The average molecular weight is 546 g/mol. The quantitative estimate of drug-likeness (QED) is 0.229. The zero-order valence-corrected chi connectivity index (χ0v) is 22.9. The monoisotopic (exact) mass is 545 g/mol. The van der Waals surface area contributed by atoms with Gasteiger partial charge < -0.3 is 14.5 Å². The molecule has 0 radical (unpaired) electrons. The fourth-order valence-corrected chi connectivity index (χ4v) is 5.96. The lowest BCUT2D eigenvalue weighted by atomic mass is 9.87. The number of benzene rings is 3. The molecule has 4 atom stereocenters. The second-order valence-corrected chi connectivity index (χ2v) is 10.9. The van der Waals surface area contributed by atoms with Crippen LogP contribution in [0.3, 0.4) is 0 Å². The zero-order valence-electron chi connectivity index (χ0n) is 23.9. The van der Waals surface area contributed by atoms with E-state index in [0.29, 0.717) is 17.0 Å². The molecule has 208 valence electrons. The average Bonchev–Trinajstić information content (AvgIpc) is 3.60. The minimum Gasteiger partial charge on any atom is -0.466 e. The summed E-state index contributed by atoms with van der Waals surface area (Å²) < 4.78 is 44.2. The molecule has 0 spiro atoms. The molecule has 40 heavy (non-hydrogen) atoms. The number of carbonyl (C=O) groups excluding carboxylic acids is 2. The highest BCUT2D eigenvalue weighted by Crippen LogP contribution is 2.49. The Morgan fingerprint density at radius 2 is 1.73 bits per heavy atom. The number of esters is 1. The largest absolute Gasteiger partial charge is 0.466 e. The standard InChI is InChI=1S/C33H34F2N2O3/c1-36(2)28-11-9-23(10-12-28)24-7-8-26(31(35)18-24)20-37(33(39)30-17-21-4-6-25(30)14-21)29-16-22(15-27(34)19-29)5-13-32(38)40-3/h5,7-13,15-16,18-19,21,25,30H,4,6,14,17,20H2,1-3H3/b13-5+/t21-,25+,30-/m1/s1/i20D/t20-,21+,25-,30+/m0. The third-order valence-electron chi connectivity index (χ3n) is 8.07. The first-order valence-electron chi connectivity index (χ1n) is 14.1. The lowest BCUT2D eigenvalue weighted by Crippen LogP contribution is -2.38. The van der Waals surface area contributed by atoms with Crippen molar-refractivity contribution >= 4 is 29.3 Å². The molecule has 5 nitrogen and oxygen atoms in total. The Bertz CT molecular complexity index is 1470. The molecule has 0 N–H and O–H groups in total. The number of ether oxygens (including phenoxy) is 1. The predicted molar refractivity (Wildman–Crippen MR) is 154 cm³/mol. The minimum atomic E-state index is -1.44. The van der Waals surface area contributed by atoms with Crippen LogP contribution in [-0.4, -0.2) is 33.1 Å². The van der Waals surface area contributed by atoms with Crippen molar-refractivity contribution < 1.29 is 24.5 Å². The number of amides is 1. The normalized spacial score (nSPS) is 20.8. The van der Waals surface area contributed by atoms with Gasteiger partial charge in [-0.2, -0.15) is 0 Å². The predicted octanol–water partition coefficient (Wildman–Crippen LogP) is 6.85. The molecule has 0 heterocycles. The Labute approximate surface area is 235 Å². The van der Waals surface area contributed by atoms with E-state index >= 15 is 4.39 Å². The van der Waals surface area contributed by atoms with Gasteiger partial charge in [-0.1, -0.05) is 30.7 Å².